The van der Waals surface area contributed by atoms with Crippen molar-refractivity contribution in [2.45, 2.75) is 6.54 Å². The molecule has 0 amide bonds. The summed E-state index contributed by atoms with van der Waals surface area (Å²) in [6, 6.07) is 1.75. The molecule has 2 rings (SSSR count). The third-order valence-electron chi connectivity index (χ3n) is 2.30. The van der Waals surface area contributed by atoms with Crippen LogP contribution in [0.3, 0.4) is 0 Å². The van der Waals surface area contributed by atoms with Gasteiger partial charge in [-0.15, -0.1) is 0 Å². The van der Waals surface area contributed by atoms with Gasteiger partial charge in [0.15, 0.2) is 6.19 Å². The summed E-state index contributed by atoms with van der Waals surface area (Å²) in [4.78, 5) is 10.2. The number of hydrogen-bond donors (Lipinski definition) is 1. The van der Waals surface area contributed by atoms with E-state index < -0.39 is 0 Å². The molecule has 2 heterocycles. The summed E-state index contributed by atoms with van der Waals surface area (Å²) in [6.07, 6.45) is 5.25. The molecule has 0 spiro atoms. The fourth-order valence-corrected chi connectivity index (χ4v) is 1.70. The molecule has 0 saturated carbocycles. The van der Waals surface area contributed by atoms with E-state index in [1.165, 1.54) is 0 Å². The van der Waals surface area contributed by atoms with Crippen LogP contribution in [0.4, 0.5) is 0 Å². The van der Waals surface area contributed by atoms with Crippen LogP contribution in [0.15, 0.2) is 23.5 Å². The third kappa shape index (κ3) is 2.23. The molecule has 0 unspecified atom stereocenters. The van der Waals surface area contributed by atoms with E-state index in [0.717, 1.165) is 12.1 Å². The molecule has 82 valence electrons. The van der Waals surface area contributed by atoms with E-state index in [1.807, 2.05) is 11.1 Å². The van der Waals surface area contributed by atoms with E-state index in [9.17, 15) is 0 Å². The highest BCUT2D eigenvalue weighted by molar-refractivity contribution is 6.31. The third-order valence-corrected chi connectivity index (χ3v) is 2.67. The Morgan fingerprint density at radius 3 is 3.25 bits per heavy atom. The molecule has 1 aliphatic heterocycles. The Kier molecular flexibility index (Phi) is 3.22. The highest BCUT2D eigenvalue weighted by atomic mass is 35.5. The molecule has 0 bridgehead atoms. The smallest absolute Gasteiger partial charge is 0.207 e. The predicted octanol–water partition coefficient (Wildman–Crippen LogP) is 0.977. The molecule has 0 aliphatic carbocycles. The van der Waals surface area contributed by atoms with Crippen molar-refractivity contribution in [2.24, 2.45) is 4.99 Å². The molecule has 0 saturated heterocycles. The van der Waals surface area contributed by atoms with Crippen LogP contribution in [0.5, 0.6) is 0 Å². The lowest BCUT2D eigenvalue weighted by Crippen LogP contribution is -2.35. The number of nitrogens with one attached hydrogen (secondary N) is 1. The molecule has 1 aromatic heterocycles. The first kappa shape index (κ1) is 10.7. The fourth-order valence-electron chi connectivity index (χ4n) is 1.54. The molecule has 0 fully saturated rings. The fraction of sp³-hybridized carbons (Fsp3) is 0.300. The van der Waals surface area contributed by atoms with Crippen LogP contribution in [0.25, 0.3) is 0 Å². The summed E-state index contributed by atoms with van der Waals surface area (Å²) in [5, 5.41) is 11.8. The SMILES string of the molecule is N#CNC1=NCCN1Cc1cnccc1Cl. The van der Waals surface area contributed by atoms with Gasteiger partial charge in [0.05, 0.1) is 6.54 Å². The van der Waals surface area contributed by atoms with Crippen molar-refractivity contribution >= 4 is 17.6 Å². The summed E-state index contributed by atoms with van der Waals surface area (Å²) in [6.45, 7) is 2.09. The Labute approximate surface area is 98.4 Å². The number of hydrogen-bond acceptors (Lipinski definition) is 5. The van der Waals surface area contributed by atoms with Crippen molar-refractivity contribution in [1.29, 1.82) is 5.26 Å². The number of aliphatic imine (C=N–C) groups is 1. The first-order chi connectivity index (χ1) is 7.81. The lowest BCUT2D eigenvalue weighted by Gasteiger charge is -2.18. The maximum Gasteiger partial charge on any atom is 0.207 e. The van der Waals surface area contributed by atoms with Gasteiger partial charge >= 0.3 is 0 Å². The lowest BCUT2D eigenvalue weighted by atomic mass is 10.2. The monoisotopic (exact) mass is 235 g/mol. The average molecular weight is 236 g/mol. The van der Waals surface area contributed by atoms with Crippen LogP contribution in [0.2, 0.25) is 5.02 Å². The molecule has 16 heavy (non-hydrogen) atoms. The van der Waals surface area contributed by atoms with Gasteiger partial charge in [-0.05, 0) is 6.07 Å². The van der Waals surface area contributed by atoms with Crippen molar-refractivity contribution in [3.8, 4) is 6.19 Å². The Morgan fingerprint density at radius 1 is 1.62 bits per heavy atom. The standard InChI is InChI=1S/C10H10ClN5/c11-9-1-2-13-5-8(9)6-16-4-3-14-10(16)15-7-12/h1-2,5H,3-4,6H2,(H,14,15). The van der Waals surface area contributed by atoms with Crippen LogP contribution in [0.1, 0.15) is 5.56 Å². The first-order valence-corrected chi connectivity index (χ1v) is 5.22. The van der Waals surface area contributed by atoms with Gasteiger partial charge in [-0.25, -0.2) is 0 Å². The number of nitriles is 1. The van der Waals surface area contributed by atoms with E-state index in [1.54, 1.807) is 18.5 Å². The van der Waals surface area contributed by atoms with Gasteiger partial charge in [0, 0.05) is 36.1 Å². The Balaban J connectivity index is 2.09. The predicted molar refractivity (Wildman–Crippen MR) is 60.7 cm³/mol. The zero-order valence-corrected chi connectivity index (χ0v) is 9.28. The summed E-state index contributed by atoms with van der Waals surface area (Å²) >= 11 is 6.04. The molecule has 0 radical (unpaired) electrons. The molecular formula is C10H10ClN5. The number of halogens is 1. The van der Waals surface area contributed by atoms with Gasteiger partial charge in [0.25, 0.3) is 0 Å². The topological polar surface area (TPSA) is 64.3 Å². The van der Waals surface area contributed by atoms with Crippen LogP contribution in [-0.4, -0.2) is 28.9 Å². The van der Waals surface area contributed by atoms with Crippen molar-refractivity contribution in [3.05, 3.63) is 29.0 Å². The molecule has 0 aromatic carbocycles. The highest BCUT2D eigenvalue weighted by Crippen LogP contribution is 2.16. The minimum Gasteiger partial charge on any atom is -0.336 e. The lowest BCUT2D eigenvalue weighted by molar-refractivity contribution is 0.442. The highest BCUT2D eigenvalue weighted by Gasteiger charge is 2.17. The van der Waals surface area contributed by atoms with Gasteiger partial charge in [0.2, 0.25) is 5.96 Å². The molecule has 1 aromatic rings. The largest absolute Gasteiger partial charge is 0.336 e. The number of nitrogens with zero attached hydrogens (tertiary/aromatic N) is 4. The summed E-state index contributed by atoms with van der Waals surface area (Å²) in [7, 11) is 0. The van der Waals surface area contributed by atoms with Gasteiger partial charge in [-0.2, -0.15) is 5.26 Å². The second kappa shape index (κ2) is 4.81. The molecular weight excluding hydrogens is 226 g/mol. The number of aromatic nitrogens is 1. The Hall–Kier alpha value is -1.80. The van der Waals surface area contributed by atoms with E-state index in [-0.39, 0.29) is 0 Å². The summed E-state index contributed by atoms with van der Waals surface area (Å²) in [5.74, 6) is 0.599. The quantitative estimate of drug-likeness (QED) is 0.613. The van der Waals surface area contributed by atoms with Crippen LogP contribution < -0.4 is 5.32 Å². The normalized spacial score (nSPS) is 14.5. The van der Waals surface area contributed by atoms with Crippen LogP contribution >= 0.6 is 11.6 Å². The number of guanidine groups is 1. The zero-order valence-electron chi connectivity index (χ0n) is 8.52. The zero-order chi connectivity index (χ0) is 11.4. The van der Waals surface area contributed by atoms with Crippen molar-refractivity contribution < 1.29 is 0 Å². The van der Waals surface area contributed by atoms with Crippen molar-refractivity contribution in [1.82, 2.24) is 15.2 Å². The second-order valence-corrected chi connectivity index (χ2v) is 3.74. The summed E-state index contributed by atoms with van der Waals surface area (Å²) in [5.41, 5.74) is 0.929. The maximum atomic E-state index is 8.56. The summed E-state index contributed by atoms with van der Waals surface area (Å²) < 4.78 is 0. The number of pyridine rings is 1. The van der Waals surface area contributed by atoms with E-state index in [4.69, 9.17) is 16.9 Å². The van der Waals surface area contributed by atoms with Gasteiger partial charge in [-0.1, -0.05) is 11.6 Å². The molecule has 1 N–H and O–H groups in total. The maximum absolute atomic E-state index is 8.56. The van der Waals surface area contributed by atoms with Crippen molar-refractivity contribution in [3.63, 3.8) is 0 Å². The van der Waals surface area contributed by atoms with Gasteiger partial charge < -0.3 is 4.90 Å². The van der Waals surface area contributed by atoms with Crippen LogP contribution in [0, 0.1) is 11.5 Å². The first-order valence-electron chi connectivity index (χ1n) is 4.84. The molecule has 1 aliphatic rings. The minimum atomic E-state index is 0.599. The van der Waals surface area contributed by atoms with Crippen LogP contribution in [-0.2, 0) is 6.54 Å². The number of rotatable bonds is 2. The minimum absolute atomic E-state index is 0.599. The molecule has 0 atom stereocenters. The van der Waals surface area contributed by atoms with E-state index in [0.29, 0.717) is 24.1 Å². The van der Waals surface area contributed by atoms with E-state index in [2.05, 4.69) is 15.3 Å². The average Bonchev–Trinajstić information content (AvgIpc) is 2.70. The Morgan fingerprint density at radius 2 is 2.50 bits per heavy atom. The Bertz CT molecular complexity index is 451. The van der Waals surface area contributed by atoms with Crippen molar-refractivity contribution in [2.75, 3.05) is 13.1 Å². The second-order valence-electron chi connectivity index (χ2n) is 3.33. The van der Waals surface area contributed by atoms with Gasteiger partial charge in [0.1, 0.15) is 0 Å². The van der Waals surface area contributed by atoms with Gasteiger partial charge in [-0.3, -0.25) is 15.3 Å². The molecule has 5 nitrogen and oxygen atoms in total. The molecule has 6 heteroatoms. The van der Waals surface area contributed by atoms with E-state index >= 15 is 0 Å².